The average Bonchev–Trinajstić information content (AvgIpc) is 3.52. The van der Waals surface area contributed by atoms with E-state index in [9.17, 15) is 27.2 Å². The van der Waals surface area contributed by atoms with Crippen molar-refractivity contribution in [2.75, 3.05) is 6.61 Å². The van der Waals surface area contributed by atoms with Crippen molar-refractivity contribution >= 4 is 22.8 Å². The second-order valence-corrected chi connectivity index (χ2v) is 10.00. The van der Waals surface area contributed by atoms with Crippen LogP contribution in [-0.2, 0) is 11.0 Å². The van der Waals surface area contributed by atoms with E-state index in [0.29, 0.717) is 18.2 Å². The third kappa shape index (κ3) is 5.30. The maximum absolute atomic E-state index is 14.6. The summed E-state index contributed by atoms with van der Waals surface area (Å²) < 4.78 is 61.1. The Labute approximate surface area is 215 Å². The van der Waals surface area contributed by atoms with E-state index in [4.69, 9.17) is 4.74 Å². The number of aromatic amines is 1. The molecule has 2 heterocycles. The number of hydrogen-bond donors (Lipinski definition) is 3. The molecule has 38 heavy (non-hydrogen) atoms. The molecule has 0 radical (unpaired) electrons. The van der Waals surface area contributed by atoms with Crippen LogP contribution in [0.15, 0.2) is 24.5 Å². The Kier molecular flexibility index (Phi) is 6.74. The van der Waals surface area contributed by atoms with Gasteiger partial charge in [-0.2, -0.15) is 13.2 Å². The Morgan fingerprint density at radius 1 is 1.16 bits per heavy atom. The highest BCUT2D eigenvalue weighted by atomic mass is 19.4. The van der Waals surface area contributed by atoms with Crippen molar-refractivity contribution in [1.29, 1.82) is 0 Å². The van der Waals surface area contributed by atoms with Crippen LogP contribution < -0.4 is 15.4 Å². The number of amides is 2. The van der Waals surface area contributed by atoms with Gasteiger partial charge in [-0.25, -0.2) is 14.4 Å². The number of aromatic nitrogens is 3. The number of halogens is 4. The van der Waals surface area contributed by atoms with Crippen LogP contribution in [0.5, 0.6) is 5.75 Å². The van der Waals surface area contributed by atoms with Crippen molar-refractivity contribution in [1.82, 2.24) is 25.6 Å². The highest BCUT2D eigenvalue weighted by molar-refractivity contribution is 6.09. The van der Waals surface area contributed by atoms with Gasteiger partial charge in [0.05, 0.1) is 29.3 Å². The molecule has 2 aliphatic carbocycles. The topological polar surface area (TPSA) is 109 Å². The van der Waals surface area contributed by atoms with Gasteiger partial charge in [0.25, 0.3) is 5.91 Å². The molecule has 202 valence electrons. The second kappa shape index (κ2) is 9.88. The first-order chi connectivity index (χ1) is 18.0. The first kappa shape index (κ1) is 25.9. The Bertz CT molecular complexity index is 1390. The molecule has 3 atom stereocenters. The predicted molar refractivity (Wildman–Crippen MR) is 130 cm³/mol. The van der Waals surface area contributed by atoms with Crippen LogP contribution in [-0.4, -0.2) is 51.6 Å². The zero-order valence-corrected chi connectivity index (χ0v) is 20.8. The number of aryl methyl sites for hydroxylation is 1. The van der Waals surface area contributed by atoms with Crippen LogP contribution in [0.1, 0.15) is 54.2 Å². The molecule has 1 aromatic carbocycles. The van der Waals surface area contributed by atoms with E-state index in [-0.39, 0.29) is 58.4 Å². The van der Waals surface area contributed by atoms with Crippen LogP contribution >= 0.6 is 0 Å². The fourth-order valence-corrected chi connectivity index (χ4v) is 4.89. The van der Waals surface area contributed by atoms with E-state index < -0.39 is 29.9 Å². The quantitative estimate of drug-likeness (QED) is 0.388. The van der Waals surface area contributed by atoms with Gasteiger partial charge in [0.15, 0.2) is 0 Å². The normalized spacial score (nSPS) is 21.5. The summed E-state index contributed by atoms with van der Waals surface area (Å²) in [6, 6.07) is 2.03. The number of nitrogens with zero attached hydrogens (tertiary/aromatic N) is 2. The molecule has 8 nitrogen and oxygen atoms in total. The lowest BCUT2D eigenvalue weighted by Crippen LogP contribution is -2.39. The molecule has 3 N–H and O–H groups in total. The average molecular weight is 534 g/mol. The minimum Gasteiger partial charge on any atom is -0.493 e. The van der Waals surface area contributed by atoms with Gasteiger partial charge in [0.2, 0.25) is 5.91 Å². The number of alkyl halides is 4. The smallest absolute Gasteiger partial charge is 0.416 e. The molecule has 2 fully saturated rings. The number of hydrogen-bond acceptors (Lipinski definition) is 5. The van der Waals surface area contributed by atoms with Gasteiger partial charge in [-0.05, 0) is 50.3 Å². The first-order valence-corrected chi connectivity index (χ1v) is 12.4. The van der Waals surface area contributed by atoms with Gasteiger partial charge in [-0.1, -0.05) is 0 Å². The zero-order valence-electron chi connectivity index (χ0n) is 20.8. The number of rotatable bonds is 7. The molecule has 5 rings (SSSR count). The van der Waals surface area contributed by atoms with Gasteiger partial charge >= 0.3 is 6.18 Å². The SMILES string of the molecule is CC(=O)NC1CC(F)C(NC(=O)c2c(C)[nH]c3c(-c4cc(C(F)(F)F)ccc4OCC4CC4)ncnc23)C1. The Hall–Kier alpha value is -3.70. The highest BCUT2D eigenvalue weighted by Crippen LogP contribution is 2.40. The lowest BCUT2D eigenvalue weighted by atomic mass is 10.0. The van der Waals surface area contributed by atoms with Crippen LogP contribution in [0.3, 0.4) is 0 Å². The Balaban J connectivity index is 1.49. The van der Waals surface area contributed by atoms with E-state index in [1.54, 1.807) is 6.92 Å². The predicted octanol–water partition coefficient (Wildman–Crippen LogP) is 4.48. The largest absolute Gasteiger partial charge is 0.493 e. The number of benzene rings is 1. The van der Waals surface area contributed by atoms with E-state index in [2.05, 4.69) is 25.6 Å². The molecule has 2 saturated carbocycles. The summed E-state index contributed by atoms with van der Waals surface area (Å²) in [4.78, 5) is 36.1. The van der Waals surface area contributed by atoms with Crippen molar-refractivity contribution in [3.05, 3.63) is 41.3 Å². The third-order valence-corrected chi connectivity index (χ3v) is 6.94. The summed E-state index contributed by atoms with van der Waals surface area (Å²) >= 11 is 0. The van der Waals surface area contributed by atoms with Gasteiger partial charge in [-0.3, -0.25) is 9.59 Å². The van der Waals surface area contributed by atoms with E-state index in [1.807, 2.05) is 0 Å². The summed E-state index contributed by atoms with van der Waals surface area (Å²) in [6.45, 7) is 3.35. The summed E-state index contributed by atoms with van der Waals surface area (Å²) in [5.41, 5.74) is 0.434. The summed E-state index contributed by atoms with van der Waals surface area (Å²) in [6.07, 6.45) is -2.41. The Morgan fingerprint density at radius 3 is 2.61 bits per heavy atom. The van der Waals surface area contributed by atoms with E-state index in [1.165, 1.54) is 19.3 Å². The number of carbonyl (C=O) groups excluding carboxylic acids is 2. The van der Waals surface area contributed by atoms with Crippen LogP contribution in [0, 0.1) is 12.8 Å². The molecule has 2 aromatic heterocycles. The van der Waals surface area contributed by atoms with Gasteiger partial charge in [0.1, 0.15) is 29.5 Å². The number of nitrogens with one attached hydrogen (secondary N) is 3. The van der Waals surface area contributed by atoms with Crippen molar-refractivity contribution in [2.24, 2.45) is 5.92 Å². The lowest BCUT2D eigenvalue weighted by Gasteiger charge is -2.15. The van der Waals surface area contributed by atoms with Gasteiger partial charge in [0, 0.05) is 30.6 Å². The van der Waals surface area contributed by atoms with Crippen LogP contribution in [0.2, 0.25) is 0 Å². The molecule has 2 amide bonds. The fourth-order valence-electron chi connectivity index (χ4n) is 4.89. The van der Waals surface area contributed by atoms with E-state index in [0.717, 1.165) is 25.0 Å². The van der Waals surface area contributed by atoms with Crippen molar-refractivity contribution in [2.45, 2.75) is 64.0 Å². The summed E-state index contributed by atoms with van der Waals surface area (Å²) in [5.74, 6) is -0.234. The molecule has 0 aliphatic heterocycles. The molecule has 0 bridgehead atoms. The zero-order chi connectivity index (χ0) is 27.2. The molecule has 0 spiro atoms. The summed E-state index contributed by atoms with van der Waals surface area (Å²) in [7, 11) is 0. The second-order valence-electron chi connectivity index (χ2n) is 10.00. The third-order valence-electron chi connectivity index (χ3n) is 6.94. The van der Waals surface area contributed by atoms with Gasteiger partial charge in [-0.15, -0.1) is 0 Å². The van der Waals surface area contributed by atoms with Crippen molar-refractivity contribution in [3.63, 3.8) is 0 Å². The number of fused-ring (bicyclic) bond motifs is 1. The molecule has 12 heteroatoms. The molecule has 2 aliphatic rings. The molecular formula is C26H27F4N5O3. The fraction of sp³-hybridized carbons (Fsp3) is 0.462. The highest BCUT2D eigenvalue weighted by Gasteiger charge is 2.37. The van der Waals surface area contributed by atoms with Crippen molar-refractivity contribution < 1.29 is 31.9 Å². The minimum absolute atomic E-state index is 0.0862. The monoisotopic (exact) mass is 533 g/mol. The maximum Gasteiger partial charge on any atom is 0.416 e. The number of H-pyrrole nitrogens is 1. The minimum atomic E-state index is -4.58. The number of carbonyl (C=O) groups is 2. The van der Waals surface area contributed by atoms with Crippen LogP contribution in [0.25, 0.3) is 22.3 Å². The number of ether oxygens (including phenoxy) is 1. The molecule has 3 unspecified atom stereocenters. The van der Waals surface area contributed by atoms with Gasteiger partial charge < -0.3 is 20.4 Å². The standard InChI is InChI=1S/C26H27F4N5O3/c1-12-21(25(37)35-19-9-16(8-18(19)27)34-13(2)36)23-24(33-12)22(31-11-32-23)17-7-15(26(28,29)30)5-6-20(17)38-10-14-3-4-14/h5-7,11,14,16,18-19,33H,3-4,8-10H2,1-2H3,(H,34,36)(H,35,37). The van der Waals surface area contributed by atoms with Crippen LogP contribution in [0.4, 0.5) is 17.6 Å². The first-order valence-electron chi connectivity index (χ1n) is 12.4. The van der Waals surface area contributed by atoms with Crippen molar-refractivity contribution in [3.8, 4) is 17.0 Å². The lowest BCUT2D eigenvalue weighted by molar-refractivity contribution is -0.137. The molecule has 0 saturated heterocycles. The van der Waals surface area contributed by atoms with E-state index >= 15 is 0 Å². The Morgan fingerprint density at radius 2 is 1.92 bits per heavy atom. The molecular weight excluding hydrogens is 506 g/mol. The summed E-state index contributed by atoms with van der Waals surface area (Å²) in [5, 5.41) is 5.36. The maximum atomic E-state index is 14.6. The molecule has 3 aromatic rings.